The fraction of sp³-hybridized carbons (Fsp3) is 1.00. The molecule has 0 aromatic rings. The van der Waals surface area contributed by atoms with E-state index in [4.69, 9.17) is 5.73 Å². The van der Waals surface area contributed by atoms with Gasteiger partial charge in [-0.1, -0.05) is 0 Å². The molecule has 0 bridgehead atoms. The lowest BCUT2D eigenvalue weighted by Crippen LogP contribution is -2.48. The molecule has 0 radical (unpaired) electrons. The Morgan fingerprint density at radius 3 is 3.18 bits per heavy atom. The molecule has 2 atom stereocenters. The maximum absolute atomic E-state index is 5.64. The van der Waals surface area contributed by atoms with E-state index in [0.29, 0.717) is 0 Å². The first-order valence-electron chi connectivity index (χ1n) is 4.59. The van der Waals surface area contributed by atoms with Crippen molar-refractivity contribution in [2.24, 2.45) is 5.73 Å². The van der Waals surface area contributed by atoms with Gasteiger partial charge in [0.15, 0.2) is 0 Å². The zero-order valence-electron chi connectivity index (χ0n) is 6.92. The van der Waals surface area contributed by atoms with Crippen LogP contribution in [0.5, 0.6) is 0 Å². The van der Waals surface area contributed by atoms with Crippen molar-refractivity contribution < 1.29 is 0 Å². The van der Waals surface area contributed by atoms with Crippen LogP contribution in [0.15, 0.2) is 0 Å². The van der Waals surface area contributed by atoms with E-state index in [-0.39, 0.29) is 0 Å². The molecule has 0 saturated carbocycles. The van der Waals surface area contributed by atoms with Crippen LogP contribution in [0.4, 0.5) is 0 Å². The number of piperidine rings is 1. The van der Waals surface area contributed by atoms with Gasteiger partial charge in [0.2, 0.25) is 0 Å². The van der Waals surface area contributed by atoms with E-state index < -0.39 is 0 Å². The lowest BCUT2D eigenvalue weighted by atomic mass is 10.00. The van der Waals surface area contributed by atoms with Crippen LogP contribution in [0.25, 0.3) is 0 Å². The fourth-order valence-electron chi connectivity index (χ4n) is 2.36. The molecule has 0 spiro atoms. The van der Waals surface area contributed by atoms with Crippen molar-refractivity contribution >= 4 is 0 Å². The van der Waals surface area contributed by atoms with E-state index in [2.05, 4.69) is 10.2 Å². The van der Waals surface area contributed by atoms with Crippen LogP contribution < -0.4 is 11.1 Å². The summed E-state index contributed by atoms with van der Waals surface area (Å²) in [5, 5.41) is 3.55. The largest absolute Gasteiger partial charge is 0.318 e. The van der Waals surface area contributed by atoms with Crippen molar-refractivity contribution in [3.63, 3.8) is 0 Å². The van der Waals surface area contributed by atoms with Gasteiger partial charge < -0.3 is 11.1 Å². The summed E-state index contributed by atoms with van der Waals surface area (Å²) in [7, 11) is 0. The molecule has 2 saturated heterocycles. The van der Waals surface area contributed by atoms with Crippen molar-refractivity contribution in [2.75, 3.05) is 19.8 Å². The number of nitrogens with zero attached hydrogens (tertiary/aromatic N) is 1. The summed E-state index contributed by atoms with van der Waals surface area (Å²) in [6.07, 6.45) is 3.95. The average Bonchev–Trinajstić information content (AvgIpc) is 2.47. The van der Waals surface area contributed by atoms with E-state index in [1.165, 1.54) is 32.4 Å². The second kappa shape index (κ2) is 3.09. The Morgan fingerprint density at radius 1 is 1.45 bits per heavy atom. The van der Waals surface area contributed by atoms with Crippen LogP contribution >= 0.6 is 0 Å². The highest BCUT2D eigenvalue weighted by molar-refractivity contribution is 4.93. The topological polar surface area (TPSA) is 41.3 Å². The normalized spacial score (nSPS) is 39.0. The second-order valence-electron chi connectivity index (χ2n) is 3.55. The lowest BCUT2D eigenvalue weighted by molar-refractivity contribution is 0.205. The second-order valence-corrected chi connectivity index (χ2v) is 3.55. The number of hydrogen-bond donors (Lipinski definition) is 2. The van der Waals surface area contributed by atoms with E-state index in [9.17, 15) is 0 Å². The summed E-state index contributed by atoms with van der Waals surface area (Å²) in [6.45, 7) is 3.14. The van der Waals surface area contributed by atoms with Crippen LogP contribution in [-0.4, -0.2) is 36.7 Å². The quantitative estimate of drug-likeness (QED) is 0.547. The Balaban J connectivity index is 1.98. The smallest absolute Gasteiger partial charge is 0.0458 e. The van der Waals surface area contributed by atoms with Crippen LogP contribution in [-0.2, 0) is 0 Å². The zero-order chi connectivity index (χ0) is 7.68. The third-order valence-corrected chi connectivity index (χ3v) is 2.98. The molecule has 0 aromatic heterocycles. The molecule has 2 fully saturated rings. The molecule has 2 unspecified atom stereocenters. The molecule has 3 N–H and O–H groups in total. The van der Waals surface area contributed by atoms with Crippen molar-refractivity contribution in [1.82, 2.24) is 10.2 Å². The number of likely N-dealkylation sites (tertiary alicyclic amines) is 1. The van der Waals surface area contributed by atoms with Gasteiger partial charge in [-0.2, -0.15) is 0 Å². The Morgan fingerprint density at radius 2 is 2.36 bits per heavy atom. The fourth-order valence-corrected chi connectivity index (χ4v) is 2.36. The Labute approximate surface area is 67.9 Å². The van der Waals surface area contributed by atoms with Crippen LogP contribution in [0, 0.1) is 0 Å². The minimum absolute atomic E-state index is 0.739. The van der Waals surface area contributed by atoms with E-state index in [1.54, 1.807) is 0 Å². The highest BCUT2D eigenvalue weighted by Crippen LogP contribution is 2.23. The molecular formula is C8H17N3. The maximum Gasteiger partial charge on any atom is 0.0458 e. The predicted molar refractivity (Wildman–Crippen MR) is 45.2 cm³/mol. The summed E-state index contributed by atoms with van der Waals surface area (Å²) in [6, 6.07) is 1.49. The number of hydrogen-bond acceptors (Lipinski definition) is 3. The van der Waals surface area contributed by atoms with Gasteiger partial charge >= 0.3 is 0 Å². The summed E-state index contributed by atoms with van der Waals surface area (Å²) in [4.78, 5) is 2.40. The maximum atomic E-state index is 5.64. The first-order valence-corrected chi connectivity index (χ1v) is 4.59. The van der Waals surface area contributed by atoms with Gasteiger partial charge in [-0.15, -0.1) is 0 Å². The molecule has 3 nitrogen and oxygen atoms in total. The molecule has 2 rings (SSSR count). The van der Waals surface area contributed by atoms with Crippen LogP contribution in [0.2, 0.25) is 0 Å². The molecule has 2 aliphatic heterocycles. The highest BCUT2D eigenvalue weighted by atomic mass is 15.3. The third kappa shape index (κ3) is 1.28. The summed E-state index contributed by atoms with van der Waals surface area (Å²) in [5.74, 6) is 0. The van der Waals surface area contributed by atoms with Gasteiger partial charge in [0.25, 0.3) is 0 Å². The predicted octanol–water partition coefficient (Wildman–Crippen LogP) is -0.271. The summed E-state index contributed by atoms with van der Waals surface area (Å²) in [5.41, 5.74) is 5.64. The minimum Gasteiger partial charge on any atom is -0.318 e. The number of nitrogens with two attached hydrogens (primary N) is 1. The Kier molecular flexibility index (Phi) is 2.11. The number of fused-ring (bicyclic) bond motifs is 1. The standard InChI is InChI=1S/C8H17N3/c9-6-11-5-3-7-8(11)2-1-4-10-7/h7-8,10H,1-6,9H2. The van der Waals surface area contributed by atoms with Crippen molar-refractivity contribution in [1.29, 1.82) is 0 Å². The molecule has 2 heterocycles. The van der Waals surface area contributed by atoms with Gasteiger partial charge in [-0.25, -0.2) is 0 Å². The Bertz CT molecular complexity index is 131. The van der Waals surface area contributed by atoms with Crippen molar-refractivity contribution in [2.45, 2.75) is 31.3 Å². The summed E-state index contributed by atoms with van der Waals surface area (Å²) >= 11 is 0. The van der Waals surface area contributed by atoms with Crippen molar-refractivity contribution in [3.05, 3.63) is 0 Å². The molecule has 11 heavy (non-hydrogen) atoms. The van der Waals surface area contributed by atoms with Gasteiger partial charge in [0.05, 0.1) is 0 Å². The van der Waals surface area contributed by atoms with Gasteiger partial charge in [-0.3, -0.25) is 4.90 Å². The highest BCUT2D eigenvalue weighted by Gasteiger charge is 2.34. The molecule has 64 valence electrons. The van der Waals surface area contributed by atoms with Gasteiger partial charge in [-0.05, 0) is 25.8 Å². The molecule has 0 aromatic carbocycles. The first kappa shape index (κ1) is 7.53. The minimum atomic E-state index is 0.739. The van der Waals surface area contributed by atoms with Gasteiger partial charge in [0.1, 0.15) is 0 Å². The molecule has 2 aliphatic rings. The summed E-state index contributed by atoms with van der Waals surface area (Å²) < 4.78 is 0. The van der Waals surface area contributed by atoms with E-state index >= 15 is 0 Å². The average molecular weight is 155 g/mol. The van der Waals surface area contributed by atoms with E-state index in [1.807, 2.05) is 0 Å². The van der Waals surface area contributed by atoms with Crippen molar-refractivity contribution in [3.8, 4) is 0 Å². The van der Waals surface area contributed by atoms with Crippen LogP contribution in [0.1, 0.15) is 19.3 Å². The van der Waals surface area contributed by atoms with Gasteiger partial charge in [0, 0.05) is 25.3 Å². The van der Waals surface area contributed by atoms with Crippen LogP contribution in [0.3, 0.4) is 0 Å². The SMILES string of the molecule is NCN1CCC2NCCCC21. The number of rotatable bonds is 1. The molecular weight excluding hydrogens is 138 g/mol. The van der Waals surface area contributed by atoms with E-state index in [0.717, 1.165) is 18.8 Å². The molecule has 0 aliphatic carbocycles. The lowest BCUT2D eigenvalue weighted by Gasteiger charge is -2.31. The monoisotopic (exact) mass is 155 g/mol. The Hall–Kier alpha value is -0.120. The number of nitrogens with one attached hydrogen (secondary N) is 1. The zero-order valence-corrected chi connectivity index (χ0v) is 6.92. The third-order valence-electron chi connectivity index (χ3n) is 2.98. The molecule has 3 heteroatoms. The first-order chi connectivity index (χ1) is 5.42. The molecule has 0 amide bonds.